The van der Waals surface area contributed by atoms with E-state index in [2.05, 4.69) is 41.3 Å². The lowest BCUT2D eigenvalue weighted by Crippen LogP contribution is -2.00. The molecule has 0 saturated carbocycles. The Labute approximate surface area is 118 Å². The van der Waals surface area contributed by atoms with Gasteiger partial charge in [0.2, 0.25) is 0 Å². The Bertz CT molecular complexity index is 750. The van der Waals surface area contributed by atoms with E-state index in [0.29, 0.717) is 0 Å². The number of hydrogen-bond acceptors (Lipinski definition) is 3. The highest BCUT2D eigenvalue weighted by Crippen LogP contribution is 2.22. The van der Waals surface area contributed by atoms with E-state index in [1.807, 2.05) is 36.4 Å². The van der Waals surface area contributed by atoms with Gasteiger partial charge in [-0.25, -0.2) is 9.97 Å². The van der Waals surface area contributed by atoms with Crippen LogP contribution in [0.5, 0.6) is 0 Å². The summed E-state index contributed by atoms with van der Waals surface area (Å²) in [6.45, 7) is 4.16. The molecule has 0 fully saturated rings. The van der Waals surface area contributed by atoms with E-state index in [9.17, 15) is 0 Å². The standard InChI is InChI=1S/C17H17N3/c1-3-14-8-6-10-16(18-14)20-17-12(2)11-13-7-4-5-9-15(13)19-17/h4-11H,3H2,1-2H3,(H,18,19,20). The molecule has 0 unspecified atom stereocenters. The fourth-order valence-electron chi connectivity index (χ4n) is 2.22. The van der Waals surface area contributed by atoms with E-state index < -0.39 is 0 Å². The molecule has 0 amide bonds. The molecule has 3 aromatic rings. The molecular formula is C17H17N3. The lowest BCUT2D eigenvalue weighted by molar-refractivity contribution is 1.04. The van der Waals surface area contributed by atoms with Crippen LogP contribution in [0.1, 0.15) is 18.2 Å². The predicted molar refractivity (Wildman–Crippen MR) is 83.4 cm³/mol. The fraction of sp³-hybridized carbons (Fsp3) is 0.176. The first kappa shape index (κ1) is 12.6. The zero-order chi connectivity index (χ0) is 13.9. The van der Waals surface area contributed by atoms with E-state index in [0.717, 1.165) is 40.2 Å². The van der Waals surface area contributed by atoms with Gasteiger partial charge in [0.25, 0.3) is 0 Å². The molecule has 20 heavy (non-hydrogen) atoms. The molecule has 2 heterocycles. The van der Waals surface area contributed by atoms with Gasteiger partial charge in [0.1, 0.15) is 11.6 Å². The number of pyridine rings is 2. The average molecular weight is 263 g/mol. The number of hydrogen-bond donors (Lipinski definition) is 1. The number of aromatic nitrogens is 2. The van der Waals surface area contributed by atoms with Gasteiger partial charge in [-0.2, -0.15) is 0 Å². The first-order chi connectivity index (χ1) is 9.76. The Morgan fingerprint density at radius 2 is 1.85 bits per heavy atom. The van der Waals surface area contributed by atoms with Crippen molar-refractivity contribution in [1.82, 2.24) is 9.97 Å². The molecule has 0 radical (unpaired) electrons. The molecule has 1 N–H and O–H groups in total. The summed E-state index contributed by atoms with van der Waals surface area (Å²) in [7, 11) is 0. The molecule has 0 spiro atoms. The van der Waals surface area contributed by atoms with Gasteiger partial charge in [0, 0.05) is 11.1 Å². The van der Waals surface area contributed by atoms with Gasteiger partial charge in [-0.1, -0.05) is 31.2 Å². The van der Waals surface area contributed by atoms with Crippen molar-refractivity contribution >= 4 is 22.5 Å². The largest absolute Gasteiger partial charge is 0.325 e. The van der Waals surface area contributed by atoms with Crippen molar-refractivity contribution in [2.24, 2.45) is 0 Å². The third-order valence-electron chi connectivity index (χ3n) is 3.33. The first-order valence-electron chi connectivity index (χ1n) is 6.85. The number of rotatable bonds is 3. The highest BCUT2D eigenvalue weighted by Gasteiger charge is 2.04. The number of aryl methyl sites for hydroxylation is 2. The van der Waals surface area contributed by atoms with Crippen molar-refractivity contribution in [2.75, 3.05) is 5.32 Å². The Balaban J connectivity index is 1.99. The minimum absolute atomic E-state index is 0.843. The van der Waals surface area contributed by atoms with Crippen LogP contribution in [0.4, 0.5) is 11.6 Å². The average Bonchev–Trinajstić information content (AvgIpc) is 2.48. The quantitative estimate of drug-likeness (QED) is 0.768. The number of nitrogens with zero attached hydrogens (tertiary/aromatic N) is 2. The van der Waals surface area contributed by atoms with Gasteiger partial charge in [0.05, 0.1) is 5.52 Å². The zero-order valence-corrected chi connectivity index (χ0v) is 11.7. The zero-order valence-electron chi connectivity index (χ0n) is 11.7. The van der Waals surface area contributed by atoms with Crippen LogP contribution in [-0.4, -0.2) is 9.97 Å². The van der Waals surface area contributed by atoms with Crippen LogP contribution < -0.4 is 5.32 Å². The fourth-order valence-corrected chi connectivity index (χ4v) is 2.22. The number of benzene rings is 1. The van der Waals surface area contributed by atoms with E-state index >= 15 is 0 Å². The smallest absolute Gasteiger partial charge is 0.135 e. The van der Waals surface area contributed by atoms with Gasteiger partial charge in [0.15, 0.2) is 0 Å². The maximum Gasteiger partial charge on any atom is 0.135 e. The molecule has 1 aromatic carbocycles. The number of para-hydroxylation sites is 1. The van der Waals surface area contributed by atoms with Gasteiger partial charge in [-0.15, -0.1) is 0 Å². The monoisotopic (exact) mass is 263 g/mol. The predicted octanol–water partition coefficient (Wildman–Crippen LogP) is 4.24. The van der Waals surface area contributed by atoms with Crippen LogP contribution in [0.2, 0.25) is 0 Å². The van der Waals surface area contributed by atoms with Crippen LogP contribution in [-0.2, 0) is 6.42 Å². The minimum atomic E-state index is 0.843. The molecule has 0 bridgehead atoms. The number of anilines is 2. The molecule has 0 aliphatic carbocycles. The topological polar surface area (TPSA) is 37.8 Å². The normalized spacial score (nSPS) is 10.7. The third-order valence-corrected chi connectivity index (χ3v) is 3.33. The lowest BCUT2D eigenvalue weighted by Gasteiger charge is -2.10. The summed E-state index contributed by atoms with van der Waals surface area (Å²) in [5.41, 5.74) is 3.19. The van der Waals surface area contributed by atoms with E-state index in [1.165, 1.54) is 0 Å². The highest BCUT2D eigenvalue weighted by atomic mass is 15.1. The molecule has 0 atom stereocenters. The Hall–Kier alpha value is -2.42. The number of fused-ring (bicyclic) bond motifs is 1. The third kappa shape index (κ3) is 2.48. The molecule has 100 valence electrons. The van der Waals surface area contributed by atoms with E-state index in [1.54, 1.807) is 0 Å². The molecule has 3 nitrogen and oxygen atoms in total. The van der Waals surface area contributed by atoms with E-state index in [-0.39, 0.29) is 0 Å². The van der Waals surface area contributed by atoms with Crippen LogP contribution in [0, 0.1) is 6.92 Å². The minimum Gasteiger partial charge on any atom is -0.325 e. The van der Waals surface area contributed by atoms with Crippen molar-refractivity contribution in [3.05, 3.63) is 59.8 Å². The summed E-state index contributed by atoms with van der Waals surface area (Å²) in [5, 5.41) is 4.47. The highest BCUT2D eigenvalue weighted by molar-refractivity contribution is 5.82. The molecule has 0 aliphatic rings. The van der Waals surface area contributed by atoms with Gasteiger partial charge >= 0.3 is 0 Å². The van der Waals surface area contributed by atoms with Crippen LogP contribution >= 0.6 is 0 Å². The Kier molecular flexibility index (Phi) is 3.33. The molecule has 3 heteroatoms. The van der Waals surface area contributed by atoms with E-state index in [4.69, 9.17) is 0 Å². The molecule has 0 saturated heterocycles. The summed E-state index contributed by atoms with van der Waals surface area (Å²) in [6.07, 6.45) is 0.930. The summed E-state index contributed by atoms with van der Waals surface area (Å²) < 4.78 is 0. The maximum absolute atomic E-state index is 4.67. The van der Waals surface area contributed by atoms with Crippen LogP contribution in [0.3, 0.4) is 0 Å². The summed E-state index contributed by atoms with van der Waals surface area (Å²) in [5.74, 6) is 1.71. The SMILES string of the molecule is CCc1cccc(Nc2nc3ccccc3cc2C)n1. The van der Waals surface area contributed by atoms with Crippen molar-refractivity contribution in [3.63, 3.8) is 0 Å². The van der Waals surface area contributed by atoms with Crippen molar-refractivity contribution in [3.8, 4) is 0 Å². The molecule has 3 rings (SSSR count). The second kappa shape index (κ2) is 5.29. The summed E-state index contributed by atoms with van der Waals surface area (Å²) in [6, 6.07) is 16.3. The molecular weight excluding hydrogens is 246 g/mol. The Morgan fingerprint density at radius 1 is 1.00 bits per heavy atom. The van der Waals surface area contributed by atoms with Crippen LogP contribution in [0.25, 0.3) is 10.9 Å². The van der Waals surface area contributed by atoms with Crippen molar-refractivity contribution < 1.29 is 0 Å². The second-order valence-corrected chi connectivity index (χ2v) is 4.84. The first-order valence-corrected chi connectivity index (χ1v) is 6.85. The second-order valence-electron chi connectivity index (χ2n) is 4.84. The van der Waals surface area contributed by atoms with Gasteiger partial charge in [-0.05, 0) is 43.2 Å². The Morgan fingerprint density at radius 3 is 2.70 bits per heavy atom. The van der Waals surface area contributed by atoms with Gasteiger partial charge < -0.3 is 5.32 Å². The molecule has 0 aliphatic heterocycles. The maximum atomic E-state index is 4.67. The van der Waals surface area contributed by atoms with Crippen molar-refractivity contribution in [1.29, 1.82) is 0 Å². The van der Waals surface area contributed by atoms with Crippen molar-refractivity contribution in [2.45, 2.75) is 20.3 Å². The van der Waals surface area contributed by atoms with Crippen LogP contribution in [0.15, 0.2) is 48.5 Å². The molecule has 2 aromatic heterocycles. The lowest BCUT2D eigenvalue weighted by atomic mass is 10.1. The summed E-state index contributed by atoms with van der Waals surface area (Å²) >= 11 is 0. The van der Waals surface area contributed by atoms with Gasteiger partial charge in [-0.3, -0.25) is 0 Å². The summed E-state index contributed by atoms with van der Waals surface area (Å²) in [4.78, 5) is 9.23. The number of nitrogens with one attached hydrogen (secondary N) is 1.